The Morgan fingerprint density at radius 1 is 1.19 bits per heavy atom. The second-order valence-corrected chi connectivity index (χ2v) is 10.6. The molecule has 3 unspecified atom stereocenters. The Hall–Kier alpha value is -2.74. The van der Waals surface area contributed by atoms with Gasteiger partial charge in [-0.1, -0.05) is 34.1 Å². The van der Waals surface area contributed by atoms with E-state index in [2.05, 4.69) is 28.8 Å². The van der Waals surface area contributed by atoms with Crippen LogP contribution in [0.3, 0.4) is 0 Å². The largest absolute Gasteiger partial charge is 0.507 e. The van der Waals surface area contributed by atoms with E-state index in [0.717, 1.165) is 19.3 Å². The smallest absolute Gasteiger partial charge is 0.432 e. The standard InChI is InChI=1S/C28H39NO6S/c1-6-8-12-20-13-14-21(36-20)16-19(4)22(7-2)26(31)25-23(30)17-24(35-27(25)32)18(3)11-9-10-15-29-28(33)34-5/h13-15,17-19,22,30H,6-12,16H2,1-5H3. The second-order valence-electron chi connectivity index (χ2n) is 9.34. The lowest BCUT2D eigenvalue weighted by Crippen LogP contribution is -2.27. The normalized spacial score (nSPS) is 14.0. The Morgan fingerprint density at radius 2 is 1.92 bits per heavy atom. The third-order valence-electron chi connectivity index (χ3n) is 6.50. The molecule has 3 atom stereocenters. The number of aromatic hydroxyl groups is 1. The van der Waals surface area contributed by atoms with Crippen LogP contribution >= 0.6 is 11.3 Å². The van der Waals surface area contributed by atoms with Gasteiger partial charge in [0.2, 0.25) is 0 Å². The molecule has 0 saturated heterocycles. The van der Waals surface area contributed by atoms with Gasteiger partial charge in [-0.15, -0.1) is 11.3 Å². The molecule has 8 heteroatoms. The van der Waals surface area contributed by atoms with Crippen LogP contribution in [0.4, 0.5) is 4.79 Å². The number of aliphatic imine (C=N–C) groups is 1. The number of hydrogen-bond acceptors (Lipinski definition) is 7. The topological polar surface area (TPSA) is 106 Å². The molecule has 0 aliphatic carbocycles. The number of methoxy groups -OCH3 is 1. The second kappa shape index (κ2) is 14.7. The quantitative estimate of drug-likeness (QED) is 0.165. The maximum Gasteiger partial charge on any atom is 0.432 e. The van der Waals surface area contributed by atoms with Crippen LogP contribution in [0, 0.1) is 11.8 Å². The Bertz CT molecular complexity index is 1090. The van der Waals surface area contributed by atoms with E-state index in [1.54, 1.807) is 11.3 Å². The summed E-state index contributed by atoms with van der Waals surface area (Å²) >= 11 is 1.79. The highest BCUT2D eigenvalue weighted by Gasteiger charge is 2.30. The van der Waals surface area contributed by atoms with Gasteiger partial charge < -0.3 is 14.3 Å². The van der Waals surface area contributed by atoms with Crippen LogP contribution in [0.25, 0.3) is 0 Å². The molecule has 2 aromatic heterocycles. The van der Waals surface area contributed by atoms with Gasteiger partial charge in [-0.2, -0.15) is 4.99 Å². The van der Waals surface area contributed by atoms with Crippen molar-refractivity contribution in [2.45, 2.75) is 85.0 Å². The van der Waals surface area contributed by atoms with Gasteiger partial charge in [0.25, 0.3) is 0 Å². The first-order valence-electron chi connectivity index (χ1n) is 12.8. The van der Waals surface area contributed by atoms with Gasteiger partial charge in [-0.3, -0.25) is 4.79 Å². The molecule has 0 aliphatic heterocycles. The fourth-order valence-corrected chi connectivity index (χ4v) is 5.53. The van der Waals surface area contributed by atoms with Gasteiger partial charge in [0.05, 0.1) is 7.11 Å². The lowest BCUT2D eigenvalue weighted by Gasteiger charge is -2.21. The zero-order valence-corrected chi connectivity index (χ0v) is 22.9. The molecular formula is C28H39NO6S. The number of amides is 1. The van der Waals surface area contributed by atoms with E-state index >= 15 is 0 Å². The monoisotopic (exact) mass is 517 g/mol. The number of ketones is 1. The first kappa shape index (κ1) is 29.5. The predicted octanol–water partition coefficient (Wildman–Crippen LogP) is 6.95. The van der Waals surface area contributed by atoms with Crippen molar-refractivity contribution in [3.05, 3.63) is 49.7 Å². The molecule has 0 saturated carbocycles. The fraction of sp³-hybridized carbons (Fsp3) is 0.571. The van der Waals surface area contributed by atoms with Crippen LogP contribution in [0.5, 0.6) is 5.75 Å². The molecule has 0 aromatic carbocycles. The van der Waals surface area contributed by atoms with Gasteiger partial charge in [0, 0.05) is 33.9 Å². The molecule has 2 aromatic rings. The number of nitrogens with zero attached hydrogens (tertiary/aromatic N) is 1. The number of Topliss-reactive ketones (excluding diaryl/α,β-unsaturated/α-hetero) is 1. The Balaban J connectivity index is 2.07. The first-order chi connectivity index (χ1) is 17.2. The Kier molecular flexibility index (Phi) is 12.1. The molecule has 198 valence electrons. The van der Waals surface area contributed by atoms with E-state index in [1.165, 1.54) is 35.6 Å². The zero-order valence-electron chi connectivity index (χ0n) is 22.0. The van der Waals surface area contributed by atoms with E-state index < -0.39 is 17.6 Å². The van der Waals surface area contributed by atoms with Crippen molar-refractivity contribution in [3.8, 4) is 5.75 Å². The highest BCUT2D eigenvalue weighted by Crippen LogP contribution is 2.31. The van der Waals surface area contributed by atoms with Crippen molar-refractivity contribution < 1.29 is 23.8 Å². The minimum atomic E-state index is -0.794. The average Bonchev–Trinajstić information content (AvgIpc) is 3.29. The van der Waals surface area contributed by atoms with Gasteiger partial charge >= 0.3 is 11.7 Å². The van der Waals surface area contributed by atoms with Crippen molar-refractivity contribution in [1.29, 1.82) is 0 Å². The number of aryl methyl sites for hydroxylation is 1. The van der Waals surface area contributed by atoms with Crippen LogP contribution in [0.1, 0.15) is 98.0 Å². The summed E-state index contributed by atoms with van der Waals surface area (Å²) in [6, 6.07) is 5.68. The Labute approximate surface area is 217 Å². The molecule has 1 amide bonds. The first-order valence-corrected chi connectivity index (χ1v) is 13.6. The predicted molar refractivity (Wildman–Crippen MR) is 144 cm³/mol. The van der Waals surface area contributed by atoms with Crippen molar-refractivity contribution in [2.75, 3.05) is 7.11 Å². The van der Waals surface area contributed by atoms with E-state index in [1.807, 2.05) is 20.8 Å². The highest BCUT2D eigenvalue weighted by atomic mass is 32.1. The SMILES string of the molecule is CCCCc1ccc(CC(C)C(CC)C(=O)c2c(O)cc(C(C)CCCC=NC(=O)OC)oc2=O)s1. The Morgan fingerprint density at radius 3 is 2.56 bits per heavy atom. The van der Waals surface area contributed by atoms with Crippen LogP contribution < -0.4 is 5.63 Å². The number of hydrogen-bond donors (Lipinski definition) is 1. The van der Waals surface area contributed by atoms with Crippen molar-refractivity contribution in [3.63, 3.8) is 0 Å². The highest BCUT2D eigenvalue weighted by molar-refractivity contribution is 7.12. The van der Waals surface area contributed by atoms with Crippen LogP contribution in [0.2, 0.25) is 0 Å². The summed E-state index contributed by atoms with van der Waals surface area (Å²) in [6.45, 7) is 8.01. The van der Waals surface area contributed by atoms with Crippen LogP contribution in [-0.4, -0.2) is 30.3 Å². The summed E-state index contributed by atoms with van der Waals surface area (Å²) in [5.41, 5.74) is -1.05. The number of unbranched alkanes of at least 4 members (excludes halogenated alkanes) is 2. The van der Waals surface area contributed by atoms with E-state index in [-0.39, 0.29) is 28.9 Å². The molecule has 7 nitrogen and oxygen atoms in total. The van der Waals surface area contributed by atoms with Gasteiger partial charge in [-0.05, 0) is 63.0 Å². The lowest BCUT2D eigenvalue weighted by atomic mass is 9.83. The third kappa shape index (κ3) is 8.43. The summed E-state index contributed by atoms with van der Waals surface area (Å²) < 4.78 is 9.92. The minimum Gasteiger partial charge on any atom is -0.507 e. The van der Waals surface area contributed by atoms with Crippen molar-refractivity contribution >= 4 is 29.4 Å². The summed E-state index contributed by atoms with van der Waals surface area (Å²) in [7, 11) is 1.27. The van der Waals surface area contributed by atoms with Crippen LogP contribution in [0.15, 0.2) is 32.4 Å². The maximum atomic E-state index is 13.3. The molecule has 2 rings (SSSR count). The van der Waals surface area contributed by atoms with Crippen LogP contribution in [-0.2, 0) is 17.6 Å². The number of carbonyl (C=O) groups is 2. The number of rotatable bonds is 14. The van der Waals surface area contributed by atoms with Gasteiger partial charge in [0.1, 0.15) is 17.1 Å². The number of carbonyl (C=O) groups excluding carboxylic acids is 2. The van der Waals surface area contributed by atoms with Crippen molar-refractivity contribution in [2.24, 2.45) is 16.8 Å². The lowest BCUT2D eigenvalue weighted by molar-refractivity contribution is 0.0866. The summed E-state index contributed by atoms with van der Waals surface area (Å²) in [5, 5.41) is 10.6. The van der Waals surface area contributed by atoms with Gasteiger partial charge in [-0.25, -0.2) is 9.59 Å². The molecule has 1 N–H and O–H groups in total. The number of thiophene rings is 1. The fourth-order valence-electron chi connectivity index (χ4n) is 4.33. The molecule has 0 spiro atoms. The summed E-state index contributed by atoms with van der Waals surface area (Å²) in [6.07, 6.45) is 7.47. The maximum absolute atomic E-state index is 13.3. The van der Waals surface area contributed by atoms with E-state index in [4.69, 9.17) is 4.42 Å². The van der Waals surface area contributed by atoms with Gasteiger partial charge in [0.15, 0.2) is 5.78 Å². The van der Waals surface area contributed by atoms with Crippen molar-refractivity contribution in [1.82, 2.24) is 0 Å². The molecular weight excluding hydrogens is 478 g/mol. The summed E-state index contributed by atoms with van der Waals surface area (Å²) in [4.78, 5) is 43.3. The molecule has 2 heterocycles. The van der Waals surface area contributed by atoms with E-state index in [9.17, 15) is 19.5 Å². The molecule has 0 aliphatic rings. The average molecular weight is 518 g/mol. The number of ether oxygens (including phenoxy) is 1. The zero-order chi connectivity index (χ0) is 26.7. The molecule has 36 heavy (non-hydrogen) atoms. The molecule has 0 bridgehead atoms. The molecule has 0 fully saturated rings. The molecule has 0 radical (unpaired) electrons. The summed E-state index contributed by atoms with van der Waals surface area (Å²) in [5.74, 6) is -0.882. The van der Waals surface area contributed by atoms with E-state index in [0.29, 0.717) is 31.4 Å². The minimum absolute atomic E-state index is 0.0178. The third-order valence-corrected chi connectivity index (χ3v) is 7.67.